The van der Waals surface area contributed by atoms with Crippen LogP contribution in [0.2, 0.25) is 0 Å². The number of nitrogens with zero attached hydrogens (tertiary/aromatic N) is 1. The van der Waals surface area contributed by atoms with Crippen LogP contribution in [0.5, 0.6) is 5.75 Å². The van der Waals surface area contributed by atoms with E-state index in [1.54, 1.807) is 17.0 Å². The molecule has 1 amide bonds. The summed E-state index contributed by atoms with van der Waals surface area (Å²) >= 11 is 0. The number of ether oxygens (including phenoxy) is 1. The standard InChI is InChI=1S/C29H27NO4/c1-2-3-9-18-30-26(21-14-16-22(17-15-21)33-19-20-10-5-4-6-11-20)25-27(31)23-12-7-8-13-24(23)34-28(25)29(30)32/h4-8,10-17,26H,2-3,9,18-19H2,1H3. The number of rotatable bonds is 8. The fourth-order valence-corrected chi connectivity index (χ4v) is 4.56. The van der Waals surface area contributed by atoms with Crippen molar-refractivity contribution < 1.29 is 13.9 Å². The second-order valence-electron chi connectivity index (χ2n) is 8.62. The summed E-state index contributed by atoms with van der Waals surface area (Å²) in [6.07, 6.45) is 2.94. The molecule has 1 aliphatic rings. The first-order valence-electron chi connectivity index (χ1n) is 11.8. The van der Waals surface area contributed by atoms with Crippen molar-refractivity contribution in [3.63, 3.8) is 0 Å². The van der Waals surface area contributed by atoms with E-state index in [0.29, 0.717) is 29.7 Å². The van der Waals surface area contributed by atoms with Crippen molar-refractivity contribution in [3.8, 4) is 5.75 Å². The van der Waals surface area contributed by atoms with Gasteiger partial charge in [0.15, 0.2) is 5.43 Å². The van der Waals surface area contributed by atoms with Crippen LogP contribution in [0.25, 0.3) is 11.0 Å². The first-order valence-corrected chi connectivity index (χ1v) is 11.8. The number of carbonyl (C=O) groups is 1. The second kappa shape index (κ2) is 9.56. The molecule has 0 radical (unpaired) electrons. The maximum absolute atomic E-state index is 13.5. The van der Waals surface area contributed by atoms with E-state index in [1.165, 1.54) is 0 Å². The Morgan fingerprint density at radius 2 is 1.62 bits per heavy atom. The highest BCUT2D eigenvalue weighted by Gasteiger charge is 2.42. The first-order chi connectivity index (χ1) is 16.7. The molecule has 4 aromatic rings. The Morgan fingerprint density at radius 3 is 2.38 bits per heavy atom. The monoisotopic (exact) mass is 453 g/mol. The molecule has 0 saturated heterocycles. The van der Waals surface area contributed by atoms with Crippen molar-refractivity contribution in [2.75, 3.05) is 6.54 Å². The molecule has 1 aliphatic heterocycles. The molecule has 5 heteroatoms. The van der Waals surface area contributed by atoms with Gasteiger partial charge in [0.1, 0.15) is 17.9 Å². The Kier molecular flexibility index (Phi) is 6.17. The molecule has 0 spiro atoms. The van der Waals surface area contributed by atoms with Gasteiger partial charge in [0.25, 0.3) is 5.91 Å². The maximum Gasteiger partial charge on any atom is 0.290 e. The number of benzene rings is 3. The highest BCUT2D eigenvalue weighted by atomic mass is 16.5. The van der Waals surface area contributed by atoms with E-state index in [0.717, 1.165) is 36.1 Å². The smallest absolute Gasteiger partial charge is 0.290 e. The number of hydrogen-bond donors (Lipinski definition) is 0. The lowest BCUT2D eigenvalue weighted by atomic mass is 9.98. The molecule has 172 valence electrons. The normalized spacial score (nSPS) is 15.0. The number of carbonyl (C=O) groups excluding carboxylic acids is 1. The lowest BCUT2D eigenvalue weighted by molar-refractivity contribution is 0.0724. The van der Waals surface area contributed by atoms with E-state index in [9.17, 15) is 9.59 Å². The van der Waals surface area contributed by atoms with Crippen molar-refractivity contribution in [3.05, 3.63) is 112 Å². The predicted molar refractivity (Wildman–Crippen MR) is 132 cm³/mol. The molecule has 2 heterocycles. The summed E-state index contributed by atoms with van der Waals surface area (Å²) in [7, 11) is 0. The Hall–Kier alpha value is -3.86. The van der Waals surface area contributed by atoms with Crippen molar-refractivity contribution in [2.45, 2.75) is 38.8 Å². The molecule has 1 aromatic heterocycles. The minimum Gasteiger partial charge on any atom is -0.489 e. The maximum atomic E-state index is 13.5. The zero-order valence-electron chi connectivity index (χ0n) is 19.2. The molecule has 3 aromatic carbocycles. The van der Waals surface area contributed by atoms with Gasteiger partial charge >= 0.3 is 0 Å². The fraction of sp³-hybridized carbons (Fsp3) is 0.241. The third-order valence-corrected chi connectivity index (χ3v) is 6.32. The molecular formula is C29H27NO4. The van der Waals surface area contributed by atoms with Gasteiger partial charge in [-0.15, -0.1) is 0 Å². The summed E-state index contributed by atoms with van der Waals surface area (Å²) in [6, 6.07) is 24.3. The van der Waals surface area contributed by atoms with Gasteiger partial charge in [-0.05, 0) is 41.8 Å². The zero-order chi connectivity index (χ0) is 23.5. The Morgan fingerprint density at radius 1 is 0.882 bits per heavy atom. The van der Waals surface area contributed by atoms with Gasteiger partial charge in [-0.1, -0.05) is 74.4 Å². The third-order valence-electron chi connectivity index (χ3n) is 6.32. The van der Waals surface area contributed by atoms with Gasteiger partial charge < -0.3 is 14.1 Å². The SMILES string of the molecule is CCCCCN1C(=O)c2oc3ccccc3c(=O)c2C1c1ccc(OCc2ccccc2)cc1. The summed E-state index contributed by atoms with van der Waals surface area (Å²) in [4.78, 5) is 28.6. The average Bonchev–Trinajstić information content (AvgIpc) is 3.16. The van der Waals surface area contributed by atoms with Gasteiger partial charge in [0, 0.05) is 6.54 Å². The predicted octanol–water partition coefficient (Wildman–Crippen LogP) is 6.11. The number of hydrogen-bond acceptors (Lipinski definition) is 4. The van der Waals surface area contributed by atoms with Crippen molar-refractivity contribution in [1.29, 1.82) is 0 Å². The van der Waals surface area contributed by atoms with E-state index >= 15 is 0 Å². The van der Waals surface area contributed by atoms with Gasteiger partial charge in [-0.25, -0.2) is 0 Å². The molecule has 0 saturated carbocycles. The molecule has 5 nitrogen and oxygen atoms in total. The number of unbranched alkanes of at least 4 members (excludes halogenated alkanes) is 2. The average molecular weight is 454 g/mol. The van der Waals surface area contributed by atoms with E-state index in [-0.39, 0.29) is 17.1 Å². The number of para-hydroxylation sites is 1. The van der Waals surface area contributed by atoms with Crippen LogP contribution in [0.1, 0.15) is 59.5 Å². The molecule has 1 atom stereocenters. The second-order valence-corrected chi connectivity index (χ2v) is 8.62. The van der Waals surface area contributed by atoms with Gasteiger partial charge in [0.2, 0.25) is 5.76 Å². The van der Waals surface area contributed by atoms with Gasteiger partial charge in [-0.3, -0.25) is 9.59 Å². The quantitative estimate of drug-likeness (QED) is 0.302. The third kappa shape index (κ3) is 4.10. The summed E-state index contributed by atoms with van der Waals surface area (Å²) in [6.45, 7) is 3.18. The van der Waals surface area contributed by atoms with Crippen LogP contribution in [0.3, 0.4) is 0 Å². The van der Waals surface area contributed by atoms with Gasteiger partial charge in [0.05, 0.1) is 17.0 Å². The van der Waals surface area contributed by atoms with Crippen molar-refractivity contribution in [2.24, 2.45) is 0 Å². The molecule has 0 N–H and O–H groups in total. The largest absolute Gasteiger partial charge is 0.489 e. The lowest BCUT2D eigenvalue weighted by Gasteiger charge is -2.25. The van der Waals surface area contributed by atoms with E-state index in [1.807, 2.05) is 66.7 Å². The summed E-state index contributed by atoms with van der Waals surface area (Å²) < 4.78 is 11.9. The summed E-state index contributed by atoms with van der Waals surface area (Å²) in [5.74, 6) is 0.679. The molecule has 0 fully saturated rings. The summed E-state index contributed by atoms with van der Waals surface area (Å²) in [5, 5.41) is 0.497. The Labute approximate surface area is 198 Å². The Bertz CT molecular complexity index is 1360. The van der Waals surface area contributed by atoms with Crippen LogP contribution < -0.4 is 10.2 Å². The molecule has 5 rings (SSSR count). The Balaban J connectivity index is 1.49. The minimum absolute atomic E-state index is 0.141. The topological polar surface area (TPSA) is 59.8 Å². The summed E-state index contributed by atoms with van der Waals surface area (Å²) in [5.41, 5.74) is 2.70. The molecular weight excluding hydrogens is 426 g/mol. The number of fused-ring (bicyclic) bond motifs is 2. The lowest BCUT2D eigenvalue weighted by Crippen LogP contribution is -2.30. The number of amides is 1. The molecule has 34 heavy (non-hydrogen) atoms. The van der Waals surface area contributed by atoms with E-state index < -0.39 is 6.04 Å². The zero-order valence-corrected chi connectivity index (χ0v) is 19.2. The van der Waals surface area contributed by atoms with E-state index in [2.05, 4.69) is 6.92 Å². The van der Waals surface area contributed by atoms with Crippen LogP contribution in [0.4, 0.5) is 0 Å². The molecule has 0 aliphatic carbocycles. The van der Waals surface area contributed by atoms with Gasteiger partial charge in [-0.2, -0.15) is 0 Å². The fourth-order valence-electron chi connectivity index (χ4n) is 4.56. The highest BCUT2D eigenvalue weighted by Crippen LogP contribution is 2.38. The van der Waals surface area contributed by atoms with Crippen LogP contribution in [-0.2, 0) is 6.61 Å². The minimum atomic E-state index is -0.469. The van der Waals surface area contributed by atoms with Crippen LogP contribution in [0.15, 0.2) is 88.1 Å². The van der Waals surface area contributed by atoms with Crippen LogP contribution >= 0.6 is 0 Å². The van der Waals surface area contributed by atoms with Crippen molar-refractivity contribution >= 4 is 16.9 Å². The highest BCUT2D eigenvalue weighted by molar-refractivity contribution is 5.99. The van der Waals surface area contributed by atoms with E-state index in [4.69, 9.17) is 9.15 Å². The molecule has 0 bridgehead atoms. The van der Waals surface area contributed by atoms with Crippen LogP contribution in [-0.4, -0.2) is 17.4 Å². The van der Waals surface area contributed by atoms with Crippen molar-refractivity contribution in [1.82, 2.24) is 4.90 Å². The molecule has 1 unspecified atom stereocenters. The van der Waals surface area contributed by atoms with Crippen LogP contribution in [0, 0.1) is 0 Å². The first kappa shape index (κ1) is 22.0.